The molecule has 31 heavy (non-hydrogen) atoms. The van der Waals surface area contributed by atoms with Crippen molar-refractivity contribution >= 4 is 5.97 Å². The summed E-state index contributed by atoms with van der Waals surface area (Å²) in [5.74, 6) is 0.843. The molecule has 2 aliphatic rings. The topological polar surface area (TPSA) is 55.8 Å². The third-order valence-corrected chi connectivity index (χ3v) is 8.56. The second kappa shape index (κ2) is 10.5. The van der Waals surface area contributed by atoms with Gasteiger partial charge in [-0.05, 0) is 54.3 Å². The predicted octanol–water partition coefficient (Wildman–Crippen LogP) is 7.30. The minimum atomic E-state index is -0.687. The van der Waals surface area contributed by atoms with E-state index in [2.05, 4.69) is 55.4 Å². The number of carbonyl (C=O) groups is 1. The first-order valence-electron chi connectivity index (χ1n) is 12.8. The normalized spacial score (nSPS) is 32.7. The van der Waals surface area contributed by atoms with Crippen molar-refractivity contribution in [3.63, 3.8) is 0 Å². The number of rotatable bonds is 9. The fourth-order valence-electron chi connectivity index (χ4n) is 5.97. The van der Waals surface area contributed by atoms with E-state index in [0.717, 1.165) is 45.1 Å². The number of hydrogen-bond acceptors (Lipinski definition) is 3. The van der Waals surface area contributed by atoms with Crippen LogP contribution < -0.4 is 0 Å². The van der Waals surface area contributed by atoms with E-state index in [4.69, 9.17) is 14.6 Å². The van der Waals surface area contributed by atoms with Crippen LogP contribution in [0.1, 0.15) is 113 Å². The van der Waals surface area contributed by atoms with E-state index in [1.165, 1.54) is 12.8 Å². The van der Waals surface area contributed by atoms with E-state index < -0.39 is 11.8 Å². The molecule has 2 rings (SSSR count). The Hall–Kier alpha value is -0.610. The predicted molar refractivity (Wildman–Crippen MR) is 127 cm³/mol. The van der Waals surface area contributed by atoms with Gasteiger partial charge in [0.15, 0.2) is 5.79 Å². The van der Waals surface area contributed by atoms with Gasteiger partial charge in [-0.25, -0.2) is 0 Å². The van der Waals surface area contributed by atoms with Crippen LogP contribution in [0.3, 0.4) is 0 Å². The Morgan fingerprint density at radius 2 is 1.81 bits per heavy atom. The molecule has 1 N–H and O–H groups in total. The first kappa shape index (κ1) is 26.6. The summed E-state index contributed by atoms with van der Waals surface area (Å²) in [4.78, 5) is 11.0. The molecule has 0 aromatic heterocycles. The second-order valence-electron chi connectivity index (χ2n) is 12.5. The van der Waals surface area contributed by atoms with Gasteiger partial charge in [0.05, 0.1) is 12.7 Å². The molecule has 1 spiro atoms. The quantitative estimate of drug-likeness (QED) is 0.410. The molecule has 1 saturated carbocycles. The first-order valence-corrected chi connectivity index (χ1v) is 12.8. The van der Waals surface area contributed by atoms with Gasteiger partial charge in [-0.2, -0.15) is 0 Å². The zero-order chi connectivity index (χ0) is 23.4. The zero-order valence-electron chi connectivity index (χ0n) is 21.6. The van der Waals surface area contributed by atoms with Crippen LogP contribution in [0.25, 0.3) is 0 Å². The van der Waals surface area contributed by atoms with E-state index in [1.807, 2.05) is 0 Å². The molecule has 182 valence electrons. The second-order valence-corrected chi connectivity index (χ2v) is 12.5. The van der Waals surface area contributed by atoms with Gasteiger partial charge < -0.3 is 14.6 Å². The Labute approximate surface area is 191 Å². The smallest absolute Gasteiger partial charge is 0.303 e. The van der Waals surface area contributed by atoms with Gasteiger partial charge >= 0.3 is 5.97 Å². The van der Waals surface area contributed by atoms with Crippen molar-refractivity contribution < 1.29 is 19.4 Å². The molecule has 1 heterocycles. The monoisotopic (exact) mass is 438 g/mol. The van der Waals surface area contributed by atoms with Crippen LogP contribution in [0.4, 0.5) is 0 Å². The third-order valence-electron chi connectivity index (χ3n) is 8.56. The van der Waals surface area contributed by atoms with Crippen LogP contribution in [-0.4, -0.2) is 29.6 Å². The molecule has 2 fully saturated rings. The van der Waals surface area contributed by atoms with Crippen LogP contribution in [0.5, 0.6) is 0 Å². The lowest BCUT2D eigenvalue weighted by atomic mass is 9.62. The SMILES string of the molecule is CC(C)[C@@H]1CC[C@@H](C)C[C@@]12OCC[C@@H](CC(C)(CCC[C@@H](C)CC(=O)O)C(C)(C)C)O2. The fraction of sp³-hybridized carbons (Fsp3) is 0.963. The van der Waals surface area contributed by atoms with E-state index in [-0.39, 0.29) is 29.3 Å². The van der Waals surface area contributed by atoms with E-state index in [9.17, 15) is 4.79 Å². The third kappa shape index (κ3) is 6.93. The van der Waals surface area contributed by atoms with Crippen LogP contribution in [0, 0.1) is 34.5 Å². The minimum absolute atomic E-state index is 0.146. The summed E-state index contributed by atoms with van der Waals surface area (Å²) in [5, 5.41) is 9.06. The van der Waals surface area contributed by atoms with Gasteiger partial charge in [0, 0.05) is 18.8 Å². The Bertz CT molecular complexity index is 580. The number of aliphatic carboxylic acids is 1. The highest BCUT2D eigenvalue weighted by molar-refractivity contribution is 5.66. The van der Waals surface area contributed by atoms with E-state index in [1.54, 1.807) is 0 Å². The van der Waals surface area contributed by atoms with Gasteiger partial charge in [0.1, 0.15) is 0 Å². The van der Waals surface area contributed by atoms with Gasteiger partial charge in [-0.1, -0.05) is 74.7 Å². The molecule has 1 aliphatic heterocycles. The lowest BCUT2D eigenvalue weighted by molar-refractivity contribution is -0.343. The van der Waals surface area contributed by atoms with Crippen LogP contribution in [0.2, 0.25) is 0 Å². The van der Waals surface area contributed by atoms with Gasteiger partial charge in [-0.15, -0.1) is 0 Å². The first-order chi connectivity index (χ1) is 14.3. The molecular weight excluding hydrogens is 388 g/mol. The van der Waals surface area contributed by atoms with E-state index >= 15 is 0 Å². The summed E-state index contributed by atoms with van der Waals surface area (Å²) in [5.41, 5.74) is 0.307. The maximum absolute atomic E-state index is 11.0. The summed E-state index contributed by atoms with van der Waals surface area (Å²) in [6, 6.07) is 0. The molecule has 0 aromatic rings. The molecule has 4 heteroatoms. The van der Waals surface area contributed by atoms with Crippen LogP contribution in [-0.2, 0) is 14.3 Å². The average Bonchev–Trinajstić information content (AvgIpc) is 2.59. The lowest BCUT2D eigenvalue weighted by Crippen LogP contribution is -2.55. The molecule has 0 radical (unpaired) electrons. The van der Waals surface area contributed by atoms with Crippen molar-refractivity contribution in [2.75, 3.05) is 6.61 Å². The Kier molecular flexibility index (Phi) is 9.06. The van der Waals surface area contributed by atoms with Crippen molar-refractivity contribution in [1.29, 1.82) is 0 Å². The summed E-state index contributed by atoms with van der Waals surface area (Å²) in [6.07, 6.45) is 9.18. The highest BCUT2D eigenvalue weighted by Crippen LogP contribution is 2.51. The van der Waals surface area contributed by atoms with Crippen molar-refractivity contribution in [3.05, 3.63) is 0 Å². The van der Waals surface area contributed by atoms with Crippen LogP contribution in [0.15, 0.2) is 0 Å². The average molecular weight is 439 g/mol. The number of ether oxygens (including phenoxy) is 2. The molecule has 0 amide bonds. The van der Waals surface area contributed by atoms with Crippen molar-refractivity contribution in [2.24, 2.45) is 34.5 Å². The molecule has 6 atom stereocenters. The molecule has 0 bridgehead atoms. The molecule has 4 nitrogen and oxygen atoms in total. The fourth-order valence-corrected chi connectivity index (χ4v) is 5.97. The number of carboxylic acids is 1. The number of carboxylic acid groups (broad SMARTS) is 1. The highest BCUT2D eigenvalue weighted by atomic mass is 16.7. The highest BCUT2D eigenvalue weighted by Gasteiger charge is 2.51. The molecule has 1 unspecified atom stereocenters. The summed E-state index contributed by atoms with van der Waals surface area (Å²) in [7, 11) is 0. The largest absolute Gasteiger partial charge is 0.481 e. The van der Waals surface area contributed by atoms with Crippen molar-refractivity contribution in [2.45, 2.75) is 125 Å². The van der Waals surface area contributed by atoms with Crippen LogP contribution >= 0.6 is 0 Å². The summed E-state index contributed by atoms with van der Waals surface area (Å²) < 4.78 is 13.4. The molecule has 1 saturated heterocycles. The minimum Gasteiger partial charge on any atom is -0.481 e. The maximum atomic E-state index is 11.0. The molecule has 1 aliphatic carbocycles. The Balaban J connectivity index is 2.09. The standard InChI is InChI=1S/C27H50O4/c1-19(2)23-12-11-21(4)17-27(23)30-15-13-22(31-27)18-26(8,25(5,6)7)14-9-10-20(3)16-24(28)29/h19-23H,9-18H2,1-8H3,(H,28,29)/t20-,21-,22+,23+,26?,27+/m1/s1. The zero-order valence-corrected chi connectivity index (χ0v) is 21.6. The summed E-state index contributed by atoms with van der Waals surface area (Å²) >= 11 is 0. The molecular formula is C27H50O4. The van der Waals surface area contributed by atoms with Gasteiger partial charge in [-0.3, -0.25) is 4.79 Å². The Morgan fingerprint density at radius 3 is 2.39 bits per heavy atom. The molecule has 0 aromatic carbocycles. The summed E-state index contributed by atoms with van der Waals surface area (Å²) in [6.45, 7) is 19.3. The van der Waals surface area contributed by atoms with Gasteiger partial charge in [0.25, 0.3) is 0 Å². The lowest BCUT2D eigenvalue weighted by Gasteiger charge is -2.53. The van der Waals surface area contributed by atoms with Gasteiger partial charge in [0.2, 0.25) is 0 Å². The maximum Gasteiger partial charge on any atom is 0.303 e. The Morgan fingerprint density at radius 1 is 1.13 bits per heavy atom. The number of hydrogen-bond donors (Lipinski definition) is 1. The van der Waals surface area contributed by atoms with Crippen molar-refractivity contribution in [3.8, 4) is 0 Å². The van der Waals surface area contributed by atoms with E-state index in [0.29, 0.717) is 17.8 Å². The van der Waals surface area contributed by atoms with Crippen molar-refractivity contribution in [1.82, 2.24) is 0 Å².